The number of likely N-dealkylation sites (tertiary alicyclic amines) is 1. The Morgan fingerprint density at radius 2 is 1.91 bits per heavy atom. The molecule has 1 amide bonds. The molecule has 3 heteroatoms. The van der Waals surface area contributed by atoms with Crippen LogP contribution in [0.3, 0.4) is 0 Å². The predicted octanol–water partition coefficient (Wildman–Crippen LogP) is 3.31. The molecule has 1 heterocycles. The molecule has 0 bridgehead atoms. The van der Waals surface area contributed by atoms with Gasteiger partial charge in [-0.05, 0) is 50.6 Å². The summed E-state index contributed by atoms with van der Waals surface area (Å²) in [6.07, 6.45) is 8.26. The van der Waals surface area contributed by atoms with Crippen molar-refractivity contribution >= 4 is 5.91 Å². The number of rotatable bonds is 6. The second-order valence-electron chi connectivity index (χ2n) is 7.38. The van der Waals surface area contributed by atoms with E-state index in [0.717, 1.165) is 19.0 Å². The zero-order chi connectivity index (χ0) is 16.1. The summed E-state index contributed by atoms with van der Waals surface area (Å²) in [5.74, 6) is 0.851. The van der Waals surface area contributed by atoms with Crippen molar-refractivity contribution in [2.24, 2.45) is 5.92 Å². The van der Waals surface area contributed by atoms with Crippen molar-refractivity contribution in [3.63, 3.8) is 0 Å². The van der Waals surface area contributed by atoms with Crippen LogP contribution in [0.5, 0.6) is 0 Å². The van der Waals surface area contributed by atoms with Crippen LogP contribution >= 0.6 is 0 Å². The highest BCUT2D eigenvalue weighted by Gasteiger charge is 2.29. The van der Waals surface area contributed by atoms with Gasteiger partial charge in [-0.3, -0.25) is 4.79 Å². The number of hydrogen-bond acceptors (Lipinski definition) is 2. The lowest BCUT2D eigenvalue weighted by Gasteiger charge is -2.23. The smallest absolute Gasteiger partial charge is 0.220 e. The van der Waals surface area contributed by atoms with Gasteiger partial charge in [-0.15, -0.1) is 0 Å². The van der Waals surface area contributed by atoms with Gasteiger partial charge in [-0.25, -0.2) is 0 Å². The van der Waals surface area contributed by atoms with E-state index in [9.17, 15) is 4.79 Å². The van der Waals surface area contributed by atoms with Crippen LogP contribution in [0, 0.1) is 12.8 Å². The standard InChI is InChI=1S/C20H30N2O/c1-16-6-8-17(9-7-16)10-11-20(23)21-14-18-12-13-22(15-18)19-4-2-3-5-19/h6-9,18-19H,2-5,10-15H2,1H3,(H,21,23). The summed E-state index contributed by atoms with van der Waals surface area (Å²) < 4.78 is 0. The number of aryl methyl sites for hydroxylation is 2. The van der Waals surface area contributed by atoms with Crippen LogP contribution in [-0.2, 0) is 11.2 Å². The normalized spacial score (nSPS) is 22.6. The maximum Gasteiger partial charge on any atom is 0.220 e. The molecule has 1 aromatic carbocycles. The zero-order valence-electron chi connectivity index (χ0n) is 14.4. The quantitative estimate of drug-likeness (QED) is 0.874. The van der Waals surface area contributed by atoms with Crippen LogP contribution in [0.15, 0.2) is 24.3 Å². The Hall–Kier alpha value is -1.35. The van der Waals surface area contributed by atoms with E-state index in [1.807, 2.05) is 0 Å². The first-order valence-electron chi connectivity index (χ1n) is 9.27. The first kappa shape index (κ1) is 16.5. The highest BCUT2D eigenvalue weighted by Crippen LogP contribution is 2.28. The maximum atomic E-state index is 12.1. The third kappa shape index (κ3) is 4.81. The van der Waals surface area contributed by atoms with E-state index in [1.54, 1.807) is 0 Å². The first-order chi connectivity index (χ1) is 11.2. The topological polar surface area (TPSA) is 32.3 Å². The minimum atomic E-state index is 0.199. The van der Waals surface area contributed by atoms with Crippen molar-refractivity contribution in [2.45, 2.75) is 57.9 Å². The summed E-state index contributed by atoms with van der Waals surface area (Å²) in [6, 6.07) is 9.31. The van der Waals surface area contributed by atoms with Gasteiger partial charge in [-0.2, -0.15) is 0 Å². The average Bonchev–Trinajstić information content (AvgIpc) is 3.23. The van der Waals surface area contributed by atoms with Gasteiger partial charge in [0.25, 0.3) is 0 Å². The molecule has 2 fully saturated rings. The Balaban J connectivity index is 1.33. The van der Waals surface area contributed by atoms with E-state index in [1.165, 1.54) is 56.3 Å². The lowest BCUT2D eigenvalue weighted by molar-refractivity contribution is -0.121. The highest BCUT2D eigenvalue weighted by atomic mass is 16.1. The van der Waals surface area contributed by atoms with Crippen LogP contribution in [0.4, 0.5) is 0 Å². The van der Waals surface area contributed by atoms with Gasteiger partial charge in [0.05, 0.1) is 0 Å². The lowest BCUT2D eigenvalue weighted by atomic mass is 10.1. The number of carbonyl (C=O) groups excluding carboxylic acids is 1. The Morgan fingerprint density at radius 3 is 2.65 bits per heavy atom. The molecule has 0 spiro atoms. The van der Waals surface area contributed by atoms with Crippen molar-refractivity contribution in [3.05, 3.63) is 35.4 Å². The SMILES string of the molecule is Cc1ccc(CCC(=O)NCC2CCN(C3CCCC3)C2)cc1. The van der Waals surface area contributed by atoms with Crippen LogP contribution < -0.4 is 5.32 Å². The molecule has 1 unspecified atom stereocenters. The van der Waals surface area contributed by atoms with Crippen LogP contribution in [-0.4, -0.2) is 36.5 Å². The molecule has 0 radical (unpaired) electrons. The Kier molecular flexibility index (Phi) is 5.71. The predicted molar refractivity (Wildman–Crippen MR) is 94.4 cm³/mol. The van der Waals surface area contributed by atoms with Crippen LogP contribution in [0.2, 0.25) is 0 Å². The zero-order valence-corrected chi connectivity index (χ0v) is 14.4. The summed E-state index contributed by atoms with van der Waals surface area (Å²) in [4.78, 5) is 14.7. The largest absolute Gasteiger partial charge is 0.356 e. The molecular formula is C20H30N2O. The van der Waals surface area contributed by atoms with Gasteiger partial charge in [-0.1, -0.05) is 42.7 Å². The molecular weight excluding hydrogens is 284 g/mol. The molecule has 126 valence electrons. The molecule has 2 aliphatic rings. The minimum absolute atomic E-state index is 0.199. The van der Waals surface area contributed by atoms with Gasteiger partial charge < -0.3 is 10.2 Å². The minimum Gasteiger partial charge on any atom is -0.356 e. The van der Waals surface area contributed by atoms with Crippen molar-refractivity contribution < 1.29 is 4.79 Å². The van der Waals surface area contributed by atoms with E-state index in [0.29, 0.717) is 12.3 Å². The third-order valence-electron chi connectivity index (χ3n) is 5.51. The van der Waals surface area contributed by atoms with Crippen molar-refractivity contribution in [3.8, 4) is 0 Å². The van der Waals surface area contributed by atoms with Gasteiger partial charge in [0, 0.05) is 25.6 Å². The van der Waals surface area contributed by atoms with Crippen LogP contribution in [0.1, 0.15) is 49.7 Å². The van der Waals surface area contributed by atoms with E-state index in [-0.39, 0.29) is 5.91 Å². The number of hydrogen-bond donors (Lipinski definition) is 1. The average molecular weight is 314 g/mol. The second kappa shape index (κ2) is 7.96. The van der Waals surface area contributed by atoms with Gasteiger partial charge in [0.15, 0.2) is 0 Å². The molecule has 0 aromatic heterocycles. The van der Waals surface area contributed by atoms with Crippen LogP contribution in [0.25, 0.3) is 0 Å². The fraction of sp³-hybridized carbons (Fsp3) is 0.650. The molecule has 1 atom stereocenters. The molecule has 1 saturated heterocycles. The number of nitrogens with one attached hydrogen (secondary N) is 1. The molecule has 1 aliphatic heterocycles. The van der Waals surface area contributed by atoms with E-state index in [2.05, 4.69) is 41.4 Å². The van der Waals surface area contributed by atoms with Crippen molar-refractivity contribution in [1.29, 1.82) is 0 Å². The summed E-state index contributed by atoms with van der Waals surface area (Å²) in [6.45, 7) is 5.36. The summed E-state index contributed by atoms with van der Waals surface area (Å²) >= 11 is 0. The first-order valence-corrected chi connectivity index (χ1v) is 9.27. The number of benzene rings is 1. The maximum absolute atomic E-state index is 12.1. The Bertz CT molecular complexity index is 505. The number of amides is 1. The molecule has 1 aliphatic carbocycles. The number of carbonyl (C=O) groups is 1. The highest BCUT2D eigenvalue weighted by molar-refractivity contribution is 5.76. The summed E-state index contributed by atoms with van der Waals surface area (Å²) in [5, 5.41) is 3.15. The molecule has 1 aromatic rings. The molecule has 1 N–H and O–H groups in total. The van der Waals surface area contributed by atoms with Gasteiger partial charge in [0.2, 0.25) is 5.91 Å². The van der Waals surface area contributed by atoms with Crippen molar-refractivity contribution in [1.82, 2.24) is 10.2 Å². The molecule has 3 nitrogen and oxygen atoms in total. The Morgan fingerprint density at radius 1 is 1.17 bits per heavy atom. The van der Waals surface area contributed by atoms with Gasteiger partial charge in [0.1, 0.15) is 0 Å². The summed E-state index contributed by atoms with van der Waals surface area (Å²) in [7, 11) is 0. The van der Waals surface area contributed by atoms with Gasteiger partial charge >= 0.3 is 0 Å². The van der Waals surface area contributed by atoms with E-state index in [4.69, 9.17) is 0 Å². The summed E-state index contributed by atoms with van der Waals surface area (Å²) in [5.41, 5.74) is 2.52. The van der Waals surface area contributed by atoms with Crippen molar-refractivity contribution in [2.75, 3.05) is 19.6 Å². The molecule has 1 saturated carbocycles. The molecule has 3 rings (SSSR count). The second-order valence-corrected chi connectivity index (χ2v) is 7.38. The lowest BCUT2D eigenvalue weighted by Crippen LogP contribution is -2.34. The molecule has 23 heavy (non-hydrogen) atoms. The van der Waals surface area contributed by atoms with E-state index < -0.39 is 0 Å². The number of nitrogens with zero attached hydrogens (tertiary/aromatic N) is 1. The Labute approximate surface area is 140 Å². The van der Waals surface area contributed by atoms with E-state index >= 15 is 0 Å². The fourth-order valence-electron chi connectivity index (χ4n) is 3.99. The fourth-order valence-corrected chi connectivity index (χ4v) is 3.99. The monoisotopic (exact) mass is 314 g/mol. The third-order valence-corrected chi connectivity index (χ3v) is 5.51.